The van der Waals surface area contributed by atoms with Gasteiger partial charge in [-0.05, 0) is 141 Å². The molecule has 664 valence electrons. The van der Waals surface area contributed by atoms with Gasteiger partial charge in [0.2, 0.25) is 6.10 Å². The van der Waals surface area contributed by atoms with Crippen molar-refractivity contribution in [1.29, 1.82) is 0 Å². The van der Waals surface area contributed by atoms with Crippen LogP contribution in [0.25, 0.3) is 0 Å². The summed E-state index contributed by atoms with van der Waals surface area (Å²) < 4.78 is 50.4. The lowest BCUT2D eigenvalue weighted by Crippen LogP contribution is -2.88. The van der Waals surface area contributed by atoms with Crippen molar-refractivity contribution in [2.75, 3.05) is 13.2 Å². The van der Waals surface area contributed by atoms with E-state index in [9.17, 15) is 69.0 Å². The van der Waals surface area contributed by atoms with Crippen molar-refractivity contribution in [2.45, 2.75) is 198 Å². The fourth-order valence-corrected chi connectivity index (χ4v) is 24.0. The van der Waals surface area contributed by atoms with E-state index in [0.29, 0.717) is 44.5 Å². The molecule has 0 spiro atoms. The van der Waals surface area contributed by atoms with Gasteiger partial charge in [0, 0.05) is 71.3 Å². The van der Waals surface area contributed by atoms with Crippen LogP contribution in [0.1, 0.15) is 188 Å². The number of ketones is 2. The van der Waals surface area contributed by atoms with E-state index in [1.165, 1.54) is 12.1 Å². The second kappa shape index (κ2) is 32.6. The molecule has 0 radical (unpaired) electrons. The molecule has 27 heteroatoms. The highest BCUT2D eigenvalue weighted by Gasteiger charge is 2.90. The first-order chi connectivity index (χ1) is 60.3. The van der Waals surface area contributed by atoms with Crippen LogP contribution in [-0.2, 0) is 73.3 Å². The Balaban J connectivity index is 0.000000187. The number of fused-ring (bicyclic) bond motifs is 6. The highest BCUT2D eigenvalue weighted by Crippen LogP contribution is 2.81. The second-order valence-corrected chi connectivity index (χ2v) is 37.2. The second-order valence-electron chi connectivity index (χ2n) is 37.2. The Kier molecular flexibility index (Phi) is 22.7. The minimum Gasteiger partial charge on any atom is -0.481 e. The highest BCUT2D eigenvalue weighted by atomic mass is 16.6. The summed E-state index contributed by atoms with van der Waals surface area (Å²) in [6.45, 7) is 17.7. The van der Waals surface area contributed by atoms with E-state index >= 15 is 14.4 Å². The van der Waals surface area contributed by atoms with Crippen LogP contribution in [-0.4, -0.2) is 180 Å². The Hall–Kier alpha value is -11.7. The summed E-state index contributed by atoms with van der Waals surface area (Å²) in [5.41, 5.74) is -10.3. The average Bonchev–Trinajstić information content (AvgIpc) is 0.624. The molecule has 27 nitrogen and oxygen atoms in total. The van der Waals surface area contributed by atoms with E-state index in [4.69, 9.17) is 37.9 Å². The third-order valence-electron chi connectivity index (χ3n) is 30.9. The van der Waals surface area contributed by atoms with Crippen LogP contribution >= 0.6 is 0 Å². The molecular weight excluding hydrogens is 1630 g/mol. The van der Waals surface area contributed by atoms with Gasteiger partial charge in [-0.3, -0.25) is 28.8 Å². The molecule has 24 atom stereocenters. The molecule has 6 saturated carbocycles. The van der Waals surface area contributed by atoms with Crippen LogP contribution < -0.4 is 10.6 Å². The Bertz CT molecular complexity index is 5620. The van der Waals surface area contributed by atoms with Gasteiger partial charge in [-0.2, -0.15) is 0 Å². The molecule has 8 aliphatic carbocycles. The maximum absolute atomic E-state index is 15.3. The van der Waals surface area contributed by atoms with E-state index < -0.39 is 206 Å². The molecule has 8 N–H and O–H groups in total. The summed E-state index contributed by atoms with van der Waals surface area (Å²) in [4.78, 5) is 153. The van der Waals surface area contributed by atoms with Crippen LogP contribution in [0.2, 0.25) is 0 Å². The molecule has 0 aromatic heterocycles. The Morgan fingerprint density at radius 3 is 1.17 bits per heavy atom. The summed E-state index contributed by atoms with van der Waals surface area (Å²) in [6, 6.07) is 53.8. The standard InChI is InChI=1S/C52H53NO12.C48H51NO13/c1-29-38-30(2)52(27-51(61,50(38,52)5)43(64-46(59)35-19-13-8-14-20-35)41-48(3)28-63-37(48)25-36(54)49(41,4)42(29)55)65-47(60)40(62-26-31-21-23-34(24-22-31)45(57)58)39(32-15-9-6-10-16-32)53-44(56)33-17-11-7-12-18-33;1-26-35-27(2)48(62-43(57)37(60-34(53)22-21-33(51)52)36(28-15-9-6-10-16-28)49-41(55)29-17-11-7-12-18-29)24-47(58,46(35,48)5)40(61-42(56)30-19-13-8-14-20-30)38-44(3)25-59-32(44)23-31(50)45(38,4)39(26)54/h6-24,29,36-37,39-41,43,54,61H,25-28H2,1-5H3,(H,53,56)(H,57,58);6-20,26,31-32,36-38,40,50,58H,21-25H2,1-5H3,(H,49,55)(H,51,52)/t29-,36+,37?,39+,40-,41?,43+,48-,49-,50-,51-,52-;26-,31+,32?,36+,37-,38?,40+,44-,45-,46-,47-,48-/m11/s1. The number of hydrogen-bond donors (Lipinski definition) is 8. The molecule has 17 rings (SSSR count). The molecule has 7 aromatic carbocycles. The van der Waals surface area contributed by atoms with Gasteiger partial charge >= 0.3 is 41.8 Å². The first kappa shape index (κ1) is 88.7. The van der Waals surface area contributed by atoms with Gasteiger partial charge in [0.1, 0.15) is 52.2 Å². The number of carboxylic acids is 2. The van der Waals surface area contributed by atoms with E-state index in [1.807, 2.05) is 13.8 Å². The predicted molar refractivity (Wildman–Crippen MR) is 453 cm³/mol. The number of Topliss-reactive ketones (excluding diaryl/α,β-unsaturated/α-hetero) is 2. The summed E-state index contributed by atoms with van der Waals surface area (Å²) in [5, 5.41) is 75.5. The van der Waals surface area contributed by atoms with E-state index in [1.54, 1.807) is 250 Å². The highest BCUT2D eigenvalue weighted by molar-refractivity contribution is 5.98. The molecule has 0 bridgehead atoms. The normalized spacial score (nSPS) is 34.4. The predicted octanol–water partition coefficient (Wildman–Crippen LogP) is 11.4. The SMILES string of the molecule is CC1=C2[C@@H](C)C(=O)[C@@]3(C)C([C@H](OC(=O)c4ccccc4)[C@]4(O)C[C@]1(OC(=O)[C@H](OC(=O)CCC(=O)O)[C@@H](NC(=O)c1ccccc1)c1ccccc1)[C@]24C)[C@]1(C)COC1C[C@@H]3O.CC1=C2[C@@H](C)C(=O)[C@@]3(C)C([C@H](OC(=O)c4ccccc4)[C@]4(O)C[C@]1(OC(=O)[C@H](OCc1ccc(C(=O)O)cc1)[C@@H](NC(=O)c1ccccc1)c1ccccc1)[C@]24C)[C@]1(C)COC1C[C@@H]3O. The number of esters is 5. The quantitative estimate of drug-likeness (QED) is 0.0158. The van der Waals surface area contributed by atoms with E-state index in [-0.39, 0.29) is 79.3 Å². The molecule has 2 heterocycles. The molecule has 8 fully saturated rings. The van der Waals surface area contributed by atoms with E-state index in [2.05, 4.69) is 10.6 Å². The summed E-state index contributed by atoms with van der Waals surface area (Å²) in [5.74, 6) is -12.3. The van der Waals surface area contributed by atoms with Gasteiger partial charge in [-0.15, -0.1) is 0 Å². The molecule has 10 aliphatic rings. The van der Waals surface area contributed by atoms with Crippen molar-refractivity contribution in [3.63, 3.8) is 0 Å². The summed E-state index contributed by atoms with van der Waals surface area (Å²) in [7, 11) is 0. The van der Waals surface area contributed by atoms with Crippen molar-refractivity contribution in [3.05, 3.63) is 273 Å². The molecule has 7 aromatic rings. The maximum Gasteiger partial charge on any atom is 0.350 e. The minimum atomic E-state index is -2.00. The topological polar surface area (TPSA) is 407 Å². The van der Waals surface area contributed by atoms with Crippen LogP contribution in [0.4, 0.5) is 0 Å². The first-order valence-corrected chi connectivity index (χ1v) is 43.0. The third-order valence-corrected chi connectivity index (χ3v) is 30.9. The van der Waals surface area contributed by atoms with Crippen molar-refractivity contribution in [2.24, 2.45) is 56.2 Å². The number of aromatic carboxylic acids is 1. The van der Waals surface area contributed by atoms with Crippen LogP contribution in [0.5, 0.6) is 0 Å². The van der Waals surface area contributed by atoms with E-state index in [0.717, 1.165) is 0 Å². The number of carbonyl (C=O) groups excluding carboxylic acids is 9. The number of carboxylic acid groups (broad SMARTS) is 2. The molecular formula is C100H104N2O25. The van der Waals surface area contributed by atoms with Gasteiger partial charge in [0.15, 0.2) is 6.10 Å². The van der Waals surface area contributed by atoms with Gasteiger partial charge in [0.25, 0.3) is 11.8 Å². The first-order valence-electron chi connectivity index (χ1n) is 43.0. The largest absolute Gasteiger partial charge is 0.481 e. The van der Waals surface area contributed by atoms with Gasteiger partial charge in [-0.25, -0.2) is 24.0 Å². The molecule has 4 unspecified atom stereocenters. The number of carbonyl (C=O) groups is 11. The number of nitrogens with one attached hydrogen (secondary N) is 2. The average molecular weight is 1730 g/mol. The van der Waals surface area contributed by atoms with Crippen LogP contribution in [0, 0.1) is 56.2 Å². The number of amides is 2. The van der Waals surface area contributed by atoms with Gasteiger partial charge in [0.05, 0.1) is 101 Å². The number of benzene rings is 7. The molecule has 2 aliphatic heterocycles. The van der Waals surface area contributed by atoms with Crippen molar-refractivity contribution in [1.82, 2.24) is 10.6 Å². The number of hydrogen-bond acceptors (Lipinski definition) is 23. The molecule has 127 heavy (non-hydrogen) atoms. The number of aliphatic hydroxyl groups excluding tert-OH is 2. The zero-order chi connectivity index (χ0) is 90.8. The van der Waals surface area contributed by atoms with Crippen molar-refractivity contribution < 1.29 is 121 Å². The van der Waals surface area contributed by atoms with Crippen LogP contribution in [0.15, 0.2) is 229 Å². The lowest BCUT2D eigenvalue weighted by molar-refractivity contribution is -0.361. The Labute approximate surface area is 733 Å². The number of aliphatic hydroxyl groups is 4. The van der Waals surface area contributed by atoms with Gasteiger partial charge < -0.3 is 79.2 Å². The Morgan fingerprint density at radius 1 is 0.465 bits per heavy atom. The number of ether oxygens (including phenoxy) is 8. The third kappa shape index (κ3) is 13.5. The zero-order valence-corrected chi connectivity index (χ0v) is 72.0. The van der Waals surface area contributed by atoms with Gasteiger partial charge in [-0.1, -0.05) is 173 Å². The maximum atomic E-state index is 15.3. The lowest BCUT2D eigenvalue weighted by atomic mass is 9.29. The van der Waals surface area contributed by atoms with Crippen molar-refractivity contribution in [3.8, 4) is 0 Å². The Morgan fingerprint density at radius 2 is 0.819 bits per heavy atom. The smallest absolute Gasteiger partial charge is 0.350 e. The summed E-state index contributed by atoms with van der Waals surface area (Å²) in [6.07, 6.45) is -11.0. The molecule has 2 amide bonds. The fourth-order valence-electron chi connectivity index (χ4n) is 24.0. The minimum absolute atomic E-state index is 0.0620. The fraction of sp³-hybridized carbons (Fsp3) is 0.430. The lowest BCUT2D eigenvalue weighted by Gasteiger charge is -2.78. The van der Waals surface area contributed by atoms with Crippen molar-refractivity contribution >= 4 is 65.2 Å². The number of aliphatic carboxylic acids is 1. The summed E-state index contributed by atoms with van der Waals surface area (Å²) >= 11 is 0. The molecule has 2 saturated heterocycles. The zero-order valence-electron chi connectivity index (χ0n) is 72.0. The monoisotopic (exact) mass is 1730 g/mol. The number of rotatable bonds is 24. The van der Waals surface area contributed by atoms with Crippen LogP contribution in [0.3, 0.4) is 0 Å².